The number of benzene rings is 1. The van der Waals surface area contributed by atoms with Gasteiger partial charge in [-0.3, -0.25) is 4.90 Å². The van der Waals surface area contributed by atoms with Gasteiger partial charge in [0.2, 0.25) is 0 Å². The quantitative estimate of drug-likeness (QED) is 0.748. The van der Waals surface area contributed by atoms with Gasteiger partial charge in [-0.15, -0.1) is 0 Å². The SMILES string of the molecule is CCNC(c1ccccc1OCC)C(C)(C)N(CC)CC. The third-order valence-corrected chi connectivity index (χ3v) is 4.22. The molecule has 3 nitrogen and oxygen atoms in total. The second kappa shape index (κ2) is 8.40. The van der Waals surface area contributed by atoms with Crippen LogP contribution < -0.4 is 10.1 Å². The first-order valence-corrected chi connectivity index (χ1v) is 8.22. The fourth-order valence-electron chi connectivity index (χ4n) is 3.17. The lowest BCUT2D eigenvalue weighted by Crippen LogP contribution is -2.52. The van der Waals surface area contributed by atoms with Crippen LogP contribution in [-0.2, 0) is 0 Å². The highest BCUT2D eigenvalue weighted by molar-refractivity contribution is 5.38. The highest BCUT2D eigenvalue weighted by Crippen LogP contribution is 2.35. The van der Waals surface area contributed by atoms with E-state index in [1.165, 1.54) is 5.56 Å². The summed E-state index contributed by atoms with van der Waals surface area (Å²) in [5, 5.41) is 3.67. The van der Waals surface area contributed by atoms with Crippen LogP contribution in [0.15, 0.2) is 24.3 Å². The van der Waals surface area contributed by atoms with Gasteiger partial charge in [-0.25, -0.2) is 0 Å². The van der Waals surface area contributed by atoms with E-state index in [1.807, 2.05) is 13.0 Å². The molecule has 1 rings (SSSR count). The van der Waals surface area contributed by atoms with Crippen LogP contribution in [0.4, 0.5) is 0 Å². The van der Waals surface area contributed by atoms with Crippen LogP contribution in [0.3, 0.4) is 0 Å². The molecule has 1 atom stereocenters. The van der Waals surface area contributed by atoms with Gasteiger partial charge >= 0.3 is 0 Å². The number of rotatable bonds is 9. The van der Waals surface area contributed by atoms with E-state index in [9.17, 15) is 0 Å². The minimum Gasteiger partial charge on any atom is -0.494 e. The number of para-hydroxylation sites is 1. The number of nitrogens with one attached hydrogen (secondary N) is 1. The first-order chi connectivity index (χ1) is 10.0. The van der Waals surface area contributed by atoms with E-state index in [2.05, 4.69) is 63.0 Å². The highest BCUT2D eigenvalue weighted by Gasteiger charge is 2.35. The molecular formula is C18H32N2O. The largest absolute Gasteiger partial charge is 0.494 e. The van der Waals surface area contributed by atoms with Crippen molar-refractivity contribution < 1.29 is 4.74 Å². The fraction of sp³-hybridized carbons (Fsp3) is 0.667. The van der Waals surface area contributed by atoms with Crippen molar-refractivity contribution in [3.05, 3.63) is 29.8 Å². The minimum absolute atomic E-state index is 0.0206. The van der Waals surface area contributed by atoms with E-state index in [1.54, 1.807) is 0 Å². The Bertz CT molecular complexity index is 413. The zero-order valence-electron chi connectivity index (χ0n) is 14.6. The molecule has 120 valence electrons. The summed E-state index contributed by atoms with van der Waals surface area (Å²) in [6.07, 6.45) is 0. The molecule has 0 saturated heterocycles. The molecule has 0 spiro atoms. The van der Waals surface area contributed by atoms with Crippen LogP contribution in [0, 0.1) is 0 Å². The molecule has 0 heterocycles. The van der Waals surface area contributed by atoms with E-state index in [-0.39, 0.29) is 11.6 Å². The van der Waals surface area contributed by atoms with Crippen molar-refractivity contribution in [2.45, 2.75) is 53.1 Å². The van der Waals surface area contributed by atoms with Gasteiger partial charge in [0, 0.05) is 11.1 Å². The molecule has 1 aromatic carbocycles. The maximum absolute atomic E-state index is 5.85. The molecule has 0 aliphatic carbocycles. The topological polar surface area (TPSA) is 24.5 Å². The van der Waals surface area contributed by atoms with Gasteiger partial charge in [0.05, 0.1) is 12.6 Å². The summed E-state index contributed by atoms with van der Waals surface area (Å²) in [6.45, 7) is 17.0. The molecule has 3 heteroatoms. The van der Waals surface area contributed by atoms with Gasteiger partial charge < -0.3 is 10.1 Å². The standard InChI is InChI=1S/C18H32N2O/c1-7-19-17(18(5,6)20(8-2)9-3)15-13-11-12-14-16(15)21-10-4/h11-14,17,19H,7-10H2,1-6H3. The molecule has 0 aromatic heterocycles. The number of ether oxygens (including phenoxy) is 1. The molecule has 1 N–H and O–H groups in total. The molecule has 0 bridgehead atoms. The summed E-state index contributed by atoms with van der Waals surface area (Å²) in [5.74, 6) is 0.992. The fourth-order valence-corrected chi connectivity index (χ4v) is 3.17. The van der Waals surface area contributed by atoms with Crippen LogP contribution in [0.1, 0.15) is 53.1 Å². The van der Waals surface area contributed by atoms with E-state index in [4.69, 9.17) is 4.74 Å². The Morgan fingerprint density at radius 2 is 1.71 bits per heavy atom. The van der Waals surface area contributed by atoms with Gasteiger partial charge in [0.1, 0.15) is 5.75 Å². The highest BCUT2D eigenvalue weighted by atomic mass is 16.5. The summed E-state index contributed by atoms with van der Waals surface area (Å²) in [5.41, 5.74) is 1.27. The summed E-state index contributed by atoms with van der Waals surface area (Å²) in [7, 11) is 0. The molecule has 0 fully saturated rings. The molecule has 21 heavy (non-hydrogen) atoms. The van der Waals surface area contributed by atoms with Gasteiger partial charge in [0.15, 0.2) is 0 Å². The molecule has 0 aliphatic rings. The predicted molar refractivity (Wildman–Crippen MR) is 91.0 cm³/mol. The smallest absolute Gasteiger partial charge is 0.124 e. The van der Waals surface area contributed by atoms with E-state index >= 15 is 0 Å². The van der Waals surface area contributed by atoms with Crippen molar-refractivity contribution in [3.63, 3.8) is 0 Å². The molecule has 0 saturated carbocycles. The minimum atomic E-state index is 0.0206. The first-order valence-electron chi connectivity index (χ1n) is 8.22. The maximum atomic E-state index is 5.85. The third kappa shape index (κ3) is 4.21. The van der Waals surface area contributed by atoms with E-state index in [0.29, 0.717) is 6.61 Å². The van der Waals surface area contributed by atoms with Crippen LogP contribution in [0.2, 0.25) is 0 Å². The van der Waals surface area contributed by atoms with Crippen molar-refractivity contribution in [2.24, 2.45) is 0 Å². The Kier molecular flexibility index (Phi) is 7.20. The normalized spacial score (nSPS) is 13.5. The van der Waals surface area contributed by atoms with Gasteiger partial charge in [-0.1, -0.05) is 39.0 Å². The van der Waals surface area contributed by atoms with Crippen LogP contribution in [0.5, 0.6) is 5.75 Å². The second-order valence-corrected chi connectivity index (χ2v) is 5.79. The Labute approximate surface area is 130 Å². The Morgan fingerprint density at radius 3 is 2.24 bits per heavy atom. The zero-order valence-corrected chi connectivity index (χ0v) is 14.6. The Balaban J connectivity index is 3.22. The van der Waals surface area contributed by atoms with Crippen molar-refractivity contribution in [1.82, 2.24) is 10.2 Å². The Morgan fingerprint density at radius 1 is 1.10 bits per heavy atom. The van der Waals surface area contributed by atoms with E-state index < -0.39 is 0 Å². The third-order valence-electron chi connectivity index (χ3n) is 4.22. The summed E-state index contributed by atoms with van der Waals surface area (Å²) < 4.78 is 5.85. The monoisotopic (exact) mass is 292 g/mol. The number of hydrogen-bond donors (Lipinski definition) is 1. The van der Waals surface area contributed by atoms with Gasteiger partial charge in [-0.2, -0.15) is 0 Å². The Hall–Kier alpha value is -1.06. The molecule has 1 unspecified atom stereocenters. The molecule has 0 amide bonds. The maximum Gasteiger partial charge on any atom is 0.124 e. The molecule has 1 aromatic rings. The number of nitrogens with zero attached hydrogens (tertiary/aromatic N) is 1. The van der Waals surface area contributed by atoms with Crippen molar-refractivity contribution >= 4 is 0 Å². The van der Waals surface area contributed by atoms with Gasteiger partial charge in [0.25, 0.3) is 0 Å². The predicted octanol–water partition coefficient (Wildman–Crippen LogP) is 3.86. The van der Waals surface area contributed by atoms with Crippen molar-refractivity contribution in [2.75, 3.05) is 26.2 Å². The lowest BCUT2D eigenvalue weighted by atomic mass is 9.86. The molecule has 0 aliphatic heterocycles. The molecular weight excluding hydrogens is 260 g/mol. The zero-order chi connectivity index (χ0) is 15.9. The summed E-state index contributed by atoms with van der Waals surface area (Å²) >= 11 is 0. The van der Waals surface area contributed by atoms with Crippen LogP contribution in [-0.4, -0.2) is 36.7 Å². The van der Waals surface area contributed by atoms with Crippen LogP contribution >= 0.6 is 0 Å². The lowest BCUT2D eigenvalue weighted by molar-refractivity contribution is 0.0904. The second-order valence-electron chi connectivity index (χ2n) is 5.79. The van der Waals surface area contributed by atoms with Crippen molar-refractivity contribution in [1.29, 1.82) is 0 Å². The van der Waals surface area contributed by atoms with Gasteiger partial charge in [-0.05, 0) is 46.5 Å². The molecule has 0 radical (unpaired) electrons. The average molecular weight is 292 g/mol. The number of likely N-dealkylation sites (N-methyl/N-ethyl adjacent to an activating group) is 2. The van der Waals surface area contributed by atoms with Crippen LogP contribution in [0.25, 0.3) is 0 Å². The van der Waals surface area contributed by atoms with Crippen molar-refractivity contribution in [3.8, 4) is 5.75 Å². The average Bonchev–Trinajstić information content (AvgIpc) is 2.47. The first kappa shape index (κ1) is 18.0. The van der Waals surface area contributed by atoms with E-state index in [0.717, 1.165) is 25.4 Å². The lowest BCUT2D eigenvalue weighted by Gasteiger charge is -2.44. The summed E-state index contributed by atoms with van der Waals surface area (Å²) in [4.78, 5) is 2.50. The summed E-state index contributed by atoms with van der Waals surface area (Å²) in [6, 6.07) is 8.64. The number of hydrogen-bond acceptors (Lipinski definition) is 3.